The van der Waals surface area contributed by atoms with Crippen molar-refractivity contribution in [2.45, 2.75) is 46.1 Å². The lowest BCUT2D eigenvalue weighted by Crippen LogP contribution is -2.20. The molecule has 0 saturated carbocycles. The molecule has 0 aliphatic rings. The summed E-state index contributed by atoms with van der Waals surface area (Å²) in [6, 6.07) is 4.74. The first kappa shape index (κ1) is 15.2. The van der Waals surface area contributed by atoms with E-state index in [2.05, 4.69) is 31.3 Å². The third kappa shape index (κ3) is 5.19. The van der Waals surface area contributed by atoms with E-state index in [1.807, 2.05) is 18.3 Å². The SMILES string of the molecule is CCOC(=O)CCCNC(C)c1ccc(CC)s1. The average Bonchev–Trinajstić information content (AvgIpc) is 2.83. The highest BCUT2D eigenvalue weighted by Crippen LogP contribution is 2.23. The molecule has 0 radical (unpaired) electrons. The van der Waals surface area contributed by atoms with Crippen molar-refractivity contribution >= 4 is 17.3 Å². The van der Waals surface area contributed by atoms with Crippen LogP contribution in [-0.4, -0.2) is 19.1 Å². The number of ether oxygens (including phenoxy) is 1. The van der Waals surface area contributed by atoms with E-state index < -0.39 is 0 Å². The van der Waals surface area contributed by atoms with Crippen LogP contribution in [-0.2, 0) is 16.0 Å². The number of carbonyl (C=O) groups is 1. The van der Waals surface area contributed by atoms with Crippen molar-refractivity contribution in [1.29, 1.82) is 0 Å². The molecule has 1 rings (SSSR count). The highest BCUT2D eigenvalue weighted by atomic mass is 32.1. The van der Waals surface area contributed by atoms with Gasteiger partial charge in [0.05, 0.1) is 6.61 Å². The summed E-state index contributed by atoms with van der Waals surface area (Å²) >= 11 is 1.86. The molecule has 0 amide bonds. The standard InChI is InChI=1S/C14H23NO2S/c1-4-12-8-9-13(18-12)11(3)15-10-6-7-14(16)17-5-2/h8-9,11,15H,4-7,10H2,1-3H3. The lowest BCUT2D eigenvalue weighted by Gasteiger charge is -2.11. The van der Waals surface area contributed by atoms with E-state index in [1.165, 1.54) is 9.75 Å². The molecule has 18 heavy (non-hydrogen) atoms. The van der Waals surface area contributed by atoms with E-state index in [0.29, 0.717) is 19.1 Å². The molecular weight excluding hydrogens is 246 g/mol. The van der Waals surface area contributed by atoms with Crippen molar-refractivity contribution in [3.05, 3.63) is 21.9 Å². The lowest BCUT2D eigenvalue weighted by molar-refractivity contribution is -0.143. The van der Waals surface area contributed by atoms with Gasteiger partial charge in [0.2, 0.25) is 0 Å². The summed E-state index contributed by atoms with van der Waals surface area (Å²) in [5, 5.41) is 3.44. The number of rotatable bonds is 8. The second-order valence-electron chi connectivity index (χ2n) is 4.24. The number of esters is 1. The van der Waals surface area contributed by atoms with Gasteiger partial charge in [-0.15, -0.1) is 11.3 Å². The minimum atomic E-state index is -0.101. The van der Waals surface area contributed by atoms with Crippen LogP contribution < -0.4 is 5.32 Å². The van der Waals surface area contributed by atoms with Crippen molar-refractivity contribution in [2.24, 2.45) is 0 Å². The molecule has 1 aromatic heterocycles. The summed E-state index contributed by atoms with van der Waals surface area (Å²) in [6.07, 6.45) is 2.42. The first-order chi connectivity index (χ1) is 8.67. The zero-order chi connectivity index (χ0) is 13.4. The van der Waals surface area contributed by atoms with Crippen LogP contribution in [0.2, 0.25) is 0 Å². The van der Waals surface area contributed by atoms with Gasteiger partial charge in [-0.05, 0) is 45.4 Å². The van der Waals surface area contributed by atoms with Gasteiger partial charge in [-0.2, -0.15) is 0 Å². The third-order valence-electron chi connectivity index (χ3n) is 2.77. The first-order valence-corrected chi connectivity index (χ1v) is 7.46. The molecule has 1 atom stereocenters. The van der Waals surface area contributed by atoms with Gasteiger partial charge in [0.25, 0.3) is 0 Å². The fourth-order valence-electron chi connectivity index (χ4n) is 1.70. The monoisotopic (exact) mass is 269 g/mol. The summed E-state index contributed by atoms with van der Waals surface area (Å²) in [7, 11) is 0. The Morgan fingerprint density at radius 1 is 1.44 bits per heavy atom. The van der Waals surface area contributed by atoms with Crippen molar-refractivity contribution in [1.82, 2.24) is 5.32 Å². The van der Waals surface area contributed by atoms with Crippen LogP contribution in [0.3, 0.4) is 0 Å². The molecule has 1 aromatic rings. The van der Waals surface area contributed by atoms with Gasteiger partial charge < -0.3 is 10.1 Å². The molecule has 102 valence electrons. The van der Waals surface area contributed by atoms with E-state index in [9.17, 15) is 4.79 Å². The van der Waals surface area contributed by atoms with Crippen LogP contribution in [0.1, 0.15) is 49.4 Å². The number of carbonyl (C=O) groups excluding carboxylic acids is 1. The molecule has 3 nitrogen and oxygen atoms in total. The molecule has 0 aromatic carbocycles. The number of hydrogen-bond donors (Lipinski definition) is 1. The van der Waals surface area contributed by atoms with Crippen LogP contribution in [0.4, 0.5) is 0 Å². The number of thiophene rings is 1. The average molecular weight is 269 g/mol. The zero-order valence-corrected chi connectivity index (χ0v) is 12.3. The van der Waals surface area contributed by atoms with E-state index in [4.69, 9.17) is 4.74 Å². The molecular formula is C14H23NO2S. The molecule has 0 fully saturated rings. The zero-order valence-electron chi connectivity index (χ0n) is 11.5. The largest absolute Gasteiger partial charge is 0.466 e. The van der Waals surface area contributed by atoms with Crippen LogP contribution in [0, 0.1) is 0 Å². The maximum atomic E-state index is 11.2. The molecule has 0 saturated heterocycles. The van der Waals surface area contributed by atoms with Gasteiger partial charge >= 0.3 is 5.97 Å². The molecule has 0 bridgehead atoms. The Morgan fingerprint density at radius 2 is 2.22 bits per heavy atom. The van der Waals surface area contributed by atoms with E-state index in [0.717, 1.165) is 19.4 Å². The Kier molecular flexibility index (Phi) is 6.98. The first-order valence-electron chi connectivity index (χ1n) is 6.65. The maximum Gasteiger partial charge on any atom is 0.305 e. The normalized spacial score (nSPS) is 12.4. The lowest BCUT2D eigenvalue weighted by atomic mass is 10.2. The van der Waals surface area contributed by atoms with Crippen molar-refractivity contribution < 1.29 is 9.53 Å². The Labute approximate surface area is 114 Å². The smallest absolute Gasteiger partial charge is 0.305 e. The predicted molar refractivity (Wildman–Crippen MR) is 76.0 cm³/mol. The van der Waals surface area contributed by atoms with Gasteiger partial charge in [0.15, 0.2) is 0 Å². The van der Waals surface area contributed by atoms with Gasteiger partial charge in [0.1, 0.15) is 0 Å². The number of nitrogens with one attached hydrogen (secondary N) is 1. The molecule has 0 aliphatic carbocycles. The summed E-state index contributed by atoms with van der Waals surface area (Å²) in [6.45, 7) is 7.49. The van der Waals surface area contributed by atoms with Crippen LogP contribution in [0.25, 0.3) is 0 Å². The minimum absolute atomic E-state index is 0.101. The van der Waals surface area contributed by atoms with E-state index in [-0.39, 0.29) is 5.97 Å². The maximum absolute atomic E-state index is 11.2. The van der Waals surface area contributed by atoms with Crippen LogP contribution in [0.15, 0.2) is 12.1 Å². The molecule has 1 unspecified atom stereocenters. The fourth-order valence-corrected chi connectivity index (χ4v) is 2.68. The minimum Gasteiger partial charge on any atom is -0.466 e. The summed E-state index contributed by atoms with van der Waals surface area (Å²) in [4.78, 5) is 13.9. The number of hydrogen-bond acceptors (Lipinski definition) is 4. The summed E-state index contributed by atoms with van der Waals surface area (Å²) in [5.41, 5.74) is 0. The quantitative estimate of drug-likeness (QED) is 0.581. The molecule has 0 aliphatic heterocycles. The fraction of sp³-hybridized carbons (Fsp3) is 0.643. The van der Waals surface area contributed by atoms with Crippen molar-refractivity contribution in [3.8, 4) is 0 Å². The van der Waals surface area contributed by atoms with Gasteiger partial charge in [0, 0.05) is 22.2 Å². The predicted octanol–water partition coefficient (Wildman–Crippen LogP) is 3.30. The molecule has 0 spiro atoms. The van der Waals surface area contributed by atoms with E-state index in [1.54, 1.807) is 0 Å². The molecule has 1 N–H and O–H groups in total. The molecule has 1 heterocycles. The second-order valence-corrected chi connectivity index (χ2v) is 5.44. The third-order valence-corrected chi connectivity index (χ3v) is 4.18. The highest BCUT2D eigenvalue weighted by molar-refractivity contribution is 7.12. The van der Waals surface area contributed by atoms with Crippen molar-refractivity contribution in [3.63, 3.8) is 0 Å². The second kappa shape index (κ2) is 8.27. The highest BCUT2D eigenvalue weighted by Gasteiger charge is 2.08. The van der Waals surface area contributed by atoms with Crippen LogP contribution >= 0.6 is 11.3 Å². The van der Waals surface area contributed by atoms with Gasteiger partial charge in [-0.1, -0.05) is 6.92 Å². The molecule has 4 heteroatoms. The van der Waals surface area contributed by atoms with Crippen LogP contribution in [0.5, 0.6) is 0 Å². The Bertz CT molecular complexity index is 362. The van der Waals surface area contributed by atoms with E-state index >= 15 is 0 Å². The summed E-state index contributed by atoms with van der Waals surface area (Å²) < 4.78 is 4.89. The Balaban J connectivity index is 2.20. The topological polar surface area (TPSA) is 38.3 Å². The van der Waals surface area contributed by atoms with Gasteiger partial charge in [-0.3, -0.25) is 4.79 Å². The van der Waals surface area contributed by atoms with Gasteiger partial charge in [-0.25, -0.2) is 0 Å². The Hall–Kier alpha value is -0.870. The summed E-state index contributed by atoms with van der Waals surface area (Å²) in [5.74, 6) is -0.101. The number of aryl methyl sites for hydroxylation is 1. The van der Waals surface area contributed by atoms with Crippen molar-refractivity contribution in [2.75, 3.05) is 13.2 Å². The Morgan fingerprint density at radius 3 is 2.83 bits per heavy atom.